The molecule has 2 aliphatic rings. The Labute approximate surface area is 206 Å². The van der Waals surface area contributed by atoms with Gasteiger partial charge in [0.1, 0.15) is 17.2 Å². The van der Waals surface area contributed by atoms with Crippen molar-refractivity contribution in [3.63, 3.8) is 0 Å². The van der Waals surface area contributed by atoms with Gasteiger partial charge in [-0.2, -0.15) is 0 Å². The number of amides is 1. The molecular weight excluding hydrogens is 556 g/mol. The number of halogens is 1. The van der Waals surface area contributed by atoms with Crippen LogP contribution in [0.1, 0.15) is 43.2 Å². The van der Waals surface area contributed by atoms with Gasteiger partial charge in [0.25, 0.3) is 0 Å². The normalized spacial score (nSPS) is 18.7. The molecule has 1 amide bonds. The molecule has 0 bridgehead atoms. The lowest BCUT2D eigenvalue weighted by atomic mass is 10.1. The Hall–Kier alpha value is -1.42. The average Bonchev–Trinajstić information content (AvgIpc) is 3.40. The van der Waals surface area contributed by atoms with Crippen molar-refractivity contribution in [2.24, 2.45) is 5.92 Å². The van der Waals surface area contributed by atoms with Crippen molar-refractivity contribution >= 4 is 74.4 Å². The summed E-state index contributed by atoms with van der Waals surface area (Å²) in [5.74, 6) is 1.64. The predicted octanol–water partition coefficient (Wildman–Crippen LogP) is 6.20. The Bertz CT molecular complexity index is 1180. The van der Waals surface area contributed by atoms with Gasteiger partial charge in [-0.1, -0.05) is 6.07 Å². The van der Waals surface area contributed by atoms with Gasteiger partial charge >= 0.3 is 0 Å². The number of fused-ring (bicyclic) bond motifs is 1. The summed E-state index contributed by atoms with van der Waals surface area (Å²) in [4.78, 5) is 23.1. The molecule has 32 heavy (non-hydrogen) atoms. The quantitative estimate of drug-likeness (QED) is 0.197. The molecule has 1 saturated carbocycles. The number of carbonyl (C=O) groups excluding carboxylic acids is 1. The zero-order chi connectivity index (χ0) is 22.2. The minimum atomic E-state index is 0.0493. The van der Waals surface area contributed by atoms with Gasteiger partial charge in [0.2, 0.25) is 5.91 Å². The van der Waals surface area contributed by atoms with E-state index in [1.54, 1.807) is 11.8 Å². The number of aryl methyl sites for hydroxylation is 1. The highest BCUT2D eigenvalue weighted by molar-refractivity contribution is 14.2. The van der Waals surface area contributed by atoms with Crippen LogP contribution in [0.5, 0.6) is 0 Å². The van der Waals surface area contributed by atoms with E-state index in [0.29, 0.717) is 12.2 Å². The molecule has 7 nitrogen and oxygen atoms in total. The molecule has 10 heteroatoms. The Morgan fingerprint density at radius 1 is 1.25 bits per heavy atom. The fraction of sp³-hybridized carbons (Fsp3) is 0.409. The van der Waals surface area contributed by atoms with E-state index >= 15 is 0 Å². The van der Waals surface area contributed by atoms with Crippen molar-refractivity contribution in [1.29, 1.82) is 0 Å². The average molecular weight is 581 g/mol. The number of benzene rings is 1. The van der Waals surface area contributed by atoms with Crippen molar-refractivity contribution in [3.8, 4) is 0 Å². The van der Waals surface area contributed by atoms with Gasteiger partial charge in [0.15, 0.2) is 5.65 Å². The molecule has 1 aliphatic heterocycles. The van der Waals surface area contributed by atoms with Crippen LogP contribution in [-0.2, 0) is 9.53 Å². The van der Waals surface area contributed by atoms with Crippen LogP contribution in [0.15, 0.2) is 29.2 Å². The zero-order valence-corrected chi connectivity index (χ0v) is 21.9. The van der Waals surface area contributed by atoms with Gasteiger partial charge in [0.05, 0.1) is 23.9 Å². The maximum atomic E-state index is 12.4. The molecule has 2 fully saturated rings. The first-order chi connectivity index (χ1) is 15.6. The van der Waals surface area contributed by atoms with E-state index < -0.39 is 0 Å². The van der Waals surface area contributed by atoms with E-state index in [2.05, 4.69) is 61.5 Å². The molecule has 0 spiro atoms. The molecule has 1 saturated heterocycles. The van der Waals surface area contributed by atoms with Crippen molar-refractivity contribution in [2.75, 3.05) is 23.5 Å². The van der Waals surface area contributed by atoms with Gasteiger partial charge in [0, 0.05) is 23.5 Å². The molecule has 1 aliphatic carbocycles. The summed E-state index contributed by atoms with van der Waals surface area (Å²) in [5.41, 5.74) is 4.67. The van der Waals surface area contributed by atoms with Crippen LogP contribution in [0.3, 0.4) is 0 Å². The third-order valence-corrected chi connectivity index (χ3v) is 8.79. The number of hydrogen-bond acceptors (Lipinski definition) is 6. The van der Waals surface area contributed by atoms with Crippen molar-refractivity contribution < 1.29 is 9.53 Å². The number of anilines is 3. The highest BCUT2D eigenvalue weighted by atomic mass is 127. The number of nitrogens with zero attached hydrogens (tertiary/aromatic N) is 3. The van der Waals surface area contributed by atoms with E-state index in [4.69, 9.17) is 14.7 Å². The summed E-state index contributed by atoms with van der Waals surface area (Å²) in [7, 11) is 0. The summed E-state index contributed by atoms with van der Waals surface area (Å²) in [5, 5.41) is 6.58. The van der Waals surface area contributed by atoms with Gasteiger partial charge in [-0.3, -0.25) is 9.13 Å². The number of nitrogens with one attached hydrogen (secondary N) is 2. The molecule has 0 radical (unpaired) electrons. The molecule has 2 atom stereocenters. The molecule has 1 aromatic carbocycles. The van der Waals surface area contributed by atoms with Gasteiger partial charge in [-0.05, 0) is 78.6 Å². The number of ether oxygens (including phenoxy) is 1. The largest absolute Gasteiger partial charge is 0.374 e. The van der Waals surface area contributed by atoms with Gasteiger partial charge in [-0.25, -0.2) is 9.97 Å². The van der Waals surface area contributed by atoms with Crippen molar-refractivity contribution in [3.05, 3.63) is 35.7 Å². The van der Waals surface area contributed by atoms with E-state index in [1.165, 1.54) is 5.56 Å². The van der Waals surface area contributed by atoms with E-state index in [0.717, 1.165) is 65.5 Å². The molecule has 2 N–H and O–H groups in total. The molecule has 168 valence electrons. The summed E-state index contributed by atoms with van der Waals surface area (Å²) in [6.45, 7) is 2.83. The summed E-state index contributed by atoms with van der Waals surface area (Å²) >= 11 is 4.04. The molecule has 3 heterocycles. The van der Waals surface area contributed by atoms with Crippen LogP contribution in [-0.4, -0.2) is 33.1 Å². The third kappa shape index (κ3) is 4.49. The van der Waals surface area contributed by atoms with E-state index in [9.17, 15) is 4.79 Å². The topological polar surface area (TPSA) is 81.1 Å². The highest BCUT2D eigenvalue weighted by Crippen LogP contribution is 2.39. The lowest BCUT2D eigenvalue weighted by Crippen LogP contribution is -2.14. The highest BCUT2D eigenvalue weighted by Gasteiger charge is 2.30. The Balaban J connectivity index is 1.53. The number of thioether (sulfide) groups is 1. The second-order valence-electron chi connectivity index (χ2n) is 8.16. The number of aromatic nitrogens is 3. The Morgan fingerprint density at radius 2 is 2.09 bits per heavy atom. The predicted molar refractivity (Wildman–Crippen MR) is 141 cm³/mol. The Morgan fingerprint density at radius 3 is 2.78 bits per heavy atom. The van der Waals surface area contributed by atoms with Crippen LogP contribution >= 0.6 is 40.2 Å². The molecule has 2 unspecified atom stereocenters. The number of imidazole rings is 1. The van der Waals surface area contributed by atoms with Crippen LogP contribution in [0.25, 0.3) is 11.2 Å². The standard InChI is InChI=1S/C22H25IN5O2PS/c1-12-24-20-16(11-19(26-21(20)28(12)31-23)27-22(29)13-5-6-13)25-15-8-7-14(10-18(15)32-2)17-4-3-9-30-17/h7-8,10-11,13,17,31H,3-6,9H2,1-2H3,(H2,25,26,27,29). The minimum absolute atomic E-state index is 0.0493. The SMILES string of the molecule is CSc1cc(C2CCCO2)ccc1Nc1cc(NC(=O)C2CC2)nc2c1nc(C)n2PI. The van der Waals surface area contributed by atoms with Crippen molar-refractivity contribution in [1.82, 2.24) is 14.3 Å². The van der Waals surface area contributed by atoms with Crippen LogP contribution < -0.4 is 10.6 Å². The third-order valence-electron chi connectivity index (χ3n) is 5.86. The Kier molecular flexibility index (Phi) is 6.60. The van der Waals surface area contributed by atoms with Crippen LogP contribution in [0, 0.1) is 12.8 Å². The molecule has 3 aromatic rings. The van der Waals surface area contributed by atoms with Crippen molar-refractivity contribution in [2.45, 2.75) is 43.6 Å². The number of hydrogen-bond donors (Lipinski definition) is 2. The fourth-order valence-electron chi connectivity index (χ4n) is 3.99. The monoisotopic (exact) mass is 581 g/mol. The first kappa shape index (κ1) is 22.4. The van der Waals surface area contributed by atoms with Crippen LogP contribution in [0.2, 0.25) is 0 Å². The lowest BCUT2D eigenvalue weighted by molar-refractivity contribution is -0.117. The molecule has 5 rings (SSSR count). The number of carbonyl (C=O) groups is 1. The smallest absolute Gasteiger partial charge is 0.228 e. The number of pyridine rings is 1. The molecular formula is C22H25IN5O2PS. The lowest BCUT2D eigenvalue weighted by Gasteiger charge is -2.16. The first-order valence-electron chi connectivity index (χ1n) is 10.7. The second kappa shape index (κ2) is 9.44. The van der Waals surface area contributed by atoms with E-state index in [-0.39, 0.29) is 17.9 Å². The minimum Gasteiger partial charge on any atom is -0.374 e. The first-order valence-corrected chi connectivity index (χ1v) is 16.0. The summed E-state index contributed by atoms with van der Waals surface area (Å²) in [6.07, 6.45) is 6.85. The maximum Gasteiger partial charge on any atom is 0.228 e. The van der Waals surface area contributed by atoms with Gasteiger partial charge < -0.3 is 15.4 Å². The fourth-order valence-corrected chi connectivity index (χ4v) is 6.72. The van der Waals surface area contributed by atoms with E-state index in [1.807, 2.05) is 13.0 Å². The zero-order valence-electron chi connectivity index (χ0n) is 17.9. The maximum absolute atomic E-state index is 12.4. The number of rotatable bonds is 7. The summed E-state index contributed by atoms with van der Waals surface area (Å²) in [6, 6.07) is 8.37. The summed E-state index contributed by atoms with van der Waals surface area (Å²) < 4.78 is 7.96. The molecule has 2 aromatic heterocycles. The second-order valence-corrected chi connectivity index (χ2v) is 11.1. The van der Waals surface area contributed by atoms with Gasteiger partial charge in [-0.15, -0.1) is 11.8 Å². The van der Waals surface area contributed by atoms with Crippen LogP contribution in [0.4, 0.5) is 17.2 Å².